The molecule has 1 heterocycles. The number of rotatable bonds is 6. The largest absolute Gasteiger partial charge is 0.497 e. The molecule has 1 saturated heterocycles. The van der Waals surface area contributed by atoms with Crippen molar-refractivity contribution < 1.29 is 23.9 Å². The second-order valence-corrected chi connectivity index (χ2v) is 7.08. The number of hydrogen-bond acceptors (Lipinski definition) is 5. The van der Waals surface area contributed by atoms with Gasteiger partial charge in [-0.25, -0.2) is 0 Å². The molecule has 29 heavy (non-hydrogen) atoms. The predicted molar refractivity (Wildman–Crippen MR) is 109 cm³/mol. The lowest BCUT2D eigenvalue weighted by Gasteiger charge is -2.19. The molecular formula is C22H24N2O5. The van der Waals surface area contributed by atoms with E-state index in [9.17, 15) is 14.4 Å². The zero-order valence-corrected chi connectivity index (χ0v) is 16.7. The summed E-state index contributed by atoms with van der Waals surface area (Å²) in [6.45, 7) is 3.72. The van der Waals surface area contributed by atoms with Gasteiger partial charge in [-0.3, -0.25) is 14.4 Å². The molecule has 2 aromatic rings. The predicted octanol–water partition coefficient (Wildman–Crippen LogP) is 2.85. The molecule has 1 aliphatic heterocycles. The highest BCUT2D eigenvalue weighted by molar-refractivity contribution is 6.00. The molecule has 2 aromatic carbocycles. The van der Waals surface area contributed by atoms with E-state index in [1.807, 2.05) is 32.0 Å². The number of carbonyl (C=O) groups excluding carboxylic acids is 3. The Bertz CT molecular complexity index is 941. The monoisotopic (exact) mass is 396 g/mol. The number of nitrogens with one attached hydrogen (secondary N) is 1. The van der Waals surface area contributed by atoms with E-state index in [-0.39, 0.29) is 18.9 Å². The van der Waals surface area contributed by atoms with Gasteiger partial charge in [-0.15, -0.1) is 0 Å². The standard InChI is InChI=1S/C22H24N2O5/c1-14-7-8-15(2)19(9-14)24-12-16(10-21(24)26)22(27)29-13-20(25)23-17-5-4-6-18(11-17)28-3/h4-9,11,16H,10,12-13H2,1-3H3,(H,23,25)/t16-/m0/s1. The van der Waals surface area contributed by atoms with E-state index in [0.717, 1.165) is 16.8 Å². The van der Waals surface area contributed by atoms with Gasteiger partial charge in [-0.1, -0.05) is 18.2 Å². The number of anilines is 2. The summed E-state index contributed by atoms with van der Waals surface area (Å²) in [5, 5.41) is 2.65. The summed E-state index contributed by atoms with van der Waals surface area (Å²) >= 11 is 0. The Labute approximate surface area is 169 Å². The maximum Gasteiger partial charge on any atom is 0.311 e. The van der Waals surface area contributed by atoms with Gasteiger partial charge in [-0.2, -0.15) is 0 Å². The zero-order chi connectivity index (χ0) is 21.0. The highest BCUT2D eigenvalue weighted by Gasteiger charge is 2.36. The zero-order valence-electron chi connectivity index (χ0n) is 16.7. The molecule has 1 aliphatic rings. The lowest BCUT2D eigenvalue weighted by molar-refractivity contribution is -0.151. The third-order valence-electron chi connectivity index (χ3n) is 4.81. The molecule has 0 radical (unpaired) electrons. The van der Waals surface area contributed by atoms with Crippen molar-refractivity contribution in [1.82, 2.24) is 0 Å². The van der Waals surface area contributed by atoms with Gasteiger partial charge in [-0.05, 0) is 43.2 Å². The highest BCUT2D eigenvalue weighted by Crippen LogP contribution is 2.29. The number of methoxy groups -OCH3 is 1. The Balaban J connectivity index is 1.55. The highest BCUT2D eigenvalue weighted by atomic mass is 16.5. The number of amides is 2. The van der Waals surface area contributed by atoms with Crippen molar-refractivity contribution in [3.8, 4) is 5.75 Å². The van der Waals surface area contributed by atoms with Gasteiger partial charge in [0, 0.05) is 30.4 Å². The molecule has 2 amide bonds. The van der Waals surface area contributed by atoms with E-state index >= 15 is 0 Å². The van der Waals surface area contributed by atoms with Crippen molar-refractivity contribution in [1.29, 1.82) is 0 Å². The van der Waals surface area contributed by atoms with Crippen LogP contribution in [0.1, 0.15) is 17.5 Å². The van der Waals surface area contributed by atoms with Crippen molar-refractivity contribution in [2.24, 2.45) is 5.92 Å². The third kappa shape index (κ3) is 4.93. The van der Waals surface area contributed by atoms with Crippen LogP contribution in [0.4, 0.5) is 11.4 Å². The summed E-state index contributed by atoms with van der Waals surface area (Å²) in [6, 6.07) is 12.7. The Hall–Kier alpha value is -3.35. The fourth-order valence-corrected chi connectivity index (χ4v) is 3.26. The number of nitrogens with zero attached hydrogens (tertiary/aromatic N) is 1. The van der Waals surface area contributed by atoms with Gasteiger partial charge in [0.05, 0.1) is 13.0 Å². The summed E-state index contributed by atoms with van der Waals surface area (Å²) in [6.07, 6.45) is 0.0731. The van der Waals surface area contributed by atoms with Gasteiger partial charge in [0.25, 0.3) is 5.91 Å². The summed E-state index contributed by atoms with van der Waals surface area (Å²) < 4.78 is 10.2. The Morgan fingerprint density at radius 2 is 1.97 bits per heavy atom. The fourth-order valence-electron chi connectivity index (χ4n) is 3.26. The van der Waals surface area contributed by atoms with Crippen LogP contribution in [-0.2, 0) is 19.1 Å². The van der Waals surface area contributed by atoms with Crippen LogP contribution in [0.15, 0.2) is 42.5 Å². The van der Waals surface area contributed by atoms with Crippen molar-refractivity contribution in [2.45, 2.75) is 20.3 Å². The first-order valence-electron chi connectivity index (χ1n) is 9.35. The van der Waals surface area contributed by atoms with Gasteiger partial charge in [0.1, 0.15) is 5.75 Å². The maximum absolute atomic E-state index is 12.4. The Morgan fingerprint density at radius 1 is 1.17 bits per heavy atom. The van der Waals surface area contributed by atoms with Crippen LogP contribution >= 0.6 is 0 Å². The van der Waals surface area contributed by atoms with Crippen molar-refractivity contribution >= 4 is 29.2 Å². The number of carbonyl (C=O) groups is 3. The molecule has 0 saturated carbocycles. The summed E-state index contributed by atoms with van der Waals surface area (Å²) in [5.74, 6) is -1.11. The summed E-state index contributed by atoms with van der Waals surface area (Å²) in [7, 11) is 1.53. The van der Waals surface area contributed by atoms with E-state index in [1.54, 1.807) is 29.2 Å². The molecule has 1 fully saturated rings. The molecule has 0 aliphatic carbocycles. The molecule has 152 valence electrons. The van der Waals surface area contributed by atoms with Crippen molar-refractivity contribution in [2.75, 3.05) is 30.5 Å². The van der Waals surface area contributed by atoms with Crippen LogP contribution < -0.4 is 15.0 Å². The minimum Gasteiger partial charge on any atom is -0.497 e. The van der Waals surface area contributed by atoms with Crippen molar-refractivity contribution in [3.63, 3.8) is 0 Å². The van der Waals surface area contributed by atoms with Gasteiger partial charge in [0.2, 0.25) is 5.91 Å². The third-order valence-corrected chi connectivity index (χ3v) is 4.81. The normalized spacial score (nSPS) is 15.9. The first-order chi connectivity index (χ1) is 13.9. The summed E-state index contributed by atoms with van der Waals surface area (Å²) in [4.78, 5) is 38.5. The van der Waals surface area contributed by atoms with E-state index in [2.05, 4.69) is 5.32 Å². The number of esters is 1. The Morgan fingerprint density at radius 3 is 2.72 bits per heavy atom. The molecule has 0 spiro atoms. The topological polar surface area (TPSA) is 84.9 Å². The number of ether oxygens (including phenoxy) is 2. The van der Waals surface area contributed by atoms with E-state index in [4.69, 9.17) is 9.47 Å². The first-order valence-corrected chi connectivity index (χ1v) is 9.35. The number of aryl methyl sites for hydroxylation is 2. The first kappa shape index (κ1) is 20.4. The molecule has 1 N–H and O–H groups in total. The molecule has 0 unspecified atom stereocenters. The average Bonchev–Trinajstić information content (AvgIpc) is 3.09. The van der Waals surface area contributed by atoms with E-state index < -0.39 is 24.4 Å². The van der Waals surface area contributed by atoms with E-state index in [0.29, 0.717) is 11.4 Å². The van der Waals surface area contributed by atoms with Crippen LogP contribution in [0.3, 0.4) is 0 Å². The molecule has 1 atom stereocenters. The van der Waals surface area contributed by atoms with Crippen molar-refractivity contribution in [3.05, 3.63) is 53.6 Å². The molecule has 7 nitrogen and oxygen atoms in total. The van der Waals surface area contributed by atoms with E-state index in [1.165, 1.54) is 7.11 Å². The minimum atomic E-state index is -0.591. The average molecular weight is 396 g/mol. The number of hydrogen-bond donors (Lipinski definition) is 1. The quantitative estimate of drug-likeness (QED) is 0.759. The SMILES string of the molecule is COc1cccc(NC(=O)COC(=O)[C@H]2CC(=O)N(c3cc(C)ccc3C)C2)c1. The van der Waals surface area contributed by atoms with Crippen LogP contribution in [-0.4, -0.2) is 38.0 Å². The molecule has 3 rings (SSSR count). The van der Waals surface area contributed by atoms with Crippen LogP contribution in [0.5, 0.6) is 5.75 Å². The molecular weight excluding hydrogens is 372 g/mol. The maximum atomic E-state index is 12.4. The molecule has 7 heteroatoms. The molecule has 0 bridgehead atoms. The van der Waals surface area contributed by atoms with Gasteiger partial charge < -0.3 is 19.7 Å². The summed E-state index contributed by atoms with van der Waals surface area (Å²) in [5.41, 5.74) is 3.36. The van der Waals surface area contributed by atoms with Gasteiger partial charge in [0.15, 0.2) is 6.61 Å². The van der Waals surface area contributed by atoms with Crippen LogP contribution in [0.2, 0.25) is 0 Å². The fraction of sp³-hybridized carbons (Fsp3) is 0.318. The lowest BCUT2D eigenvalue weighted by atomic mass is 10.1. The lowest BCUT2D eigenvalue weighted by Crippen LogP contribution is -2.28. The second-order valence-electron chi connectivity index (χ2n) is 7.08. The van der Waals surface area contributed by atoms with Crippen LogP contribution in [0, 0.1) is 19.8 Å². The smallest absolute Gasteiger partial charge is 0.311 e. The Kier molecular flexibility index (Phi) is 6.16. The second kappa shape index (κ2) is 8.77. The van der Waals surface area contributed by atoms with Gasteiger partial charge >= 0.3 is 5.97 Å². The van der Waals surface area contributed by atoms with Crippen LogP contribution in [0.25, 0.3) is 0 Å². The molecule has 0 aromatic heterocycles. The minimum absolute atomic E-state index is 0.0731. The number of benzene rings is 2.